The molecule has 27 heavy (non-hydrogen) atoms. The lowest BCUT2D eigenvalue weighted by molar-refractivity contribution is 0.206. The third-order valence-corrected chi connectivity index (χ3v) is 4.93. The first-order valence-electron chi connectivity index (χ1n) is 9.48. The Morgan fingerprint density at radius 3 is 1.52 bits per heavy atom. The molecule has 5 heteroatoms. The Morgan fingerprint density at radius 2 is 1.11 bits per heavy atom. The standard InChI is InChI=1S/C22H25N3O2/c1-15-21(17-9-5-3-6-10-17)24-19(26-15)13-23-14-20-25-22(16(2)27-20)18-11-7-4-8-12-18/h3-12,15-16,21-23H,13-14H2,1-2H3/t15-,16-,21+,22+/m1/s1. The first-order valence-corrected chi connectivity index (χ1v) is 9.48. The van der Waals surface area contributed by atoms with E-state index in [0.717, 1.165) is 11.8 Å². The van der Waals surface area contributed by atoms with Gasteiger partial charge in [-0.05, 0) is 25.0 Å². The minimum atomic E-state index is 0.0479. The van der Waals surface area contributed by atoms with Gasteiger partial charge in [0, 0.05) is 0 Å². The van der Waals surface area contributed by atoms with Crippen LogP contribution in [0.4, 0.5) is 0 Å². The van der Waals surface area contributed by atoms with Gasteiger partial charge in [-0.2, -0.15) is 0 Å². The minimum Gasteiger partial charge on any atom is -0.474 e. The smallest absolute Gasteiger partial charge is 0.198 e. The maximum atomic E-state index is 5.91. The van der Waals surface area contributed by atoms with Crippen molar-refractivity contribution in [3.05, 3.63) is 71.8 Å². The number of rotatable bonds is 6. The van der Waals surface area contributed by atoms with Crippen LogP contribution in [0.3, 0.4) is 0 Å². The molecule has 2 aromatic carbocycles. The van der Waals surface area contributed by atoms with E-state index in [4.69, 9.17) is 19.5 Å². The normalized spacial score (nSPS) is 26.9. The van der Waals surface area contributed by atoms with Crippen molar-refractivity contribution in [3.8, 4) is 0 Å². The molecule has 1 N–H and O–H groups in total. The summed E-state index contributed by atoms with van der Waals surface area (Å²) in [5.41, 5.74) is 2.37. The van der Waals surface area contributed by atoms with Crippen molar-refractivity contribution in [1.82, 2.24) is 5.32 Å². The van der Waals surface area contributed by atoms with Crippen molar-refractivity contribution in [3.63, 3.8) is 0 Å². The van der Waals surface area contributed by atoms with Crippen LogP contribution in [0, 0.1) is 0 Å². The molecule has 0 spiro atoms. The van der Waals surface area contributed by atoms with E-state index in [9.17, 15) is 0 Å². The Labute approximate surface area is 160 Å². The van der Waals surface area contributed by atoms with Gasteiger partial charge >= 0.3 is 0 Å². The first-order chi connectivity index (χ1) is 13.2. The number of hydrogen-bond donors (Lipinski definition) is 1. The number of nitrogens with one attached hydrogen (secondary N) is 1. The maximum absolute atomic E-state index is 5.91. The van der Waals surface area contributed by atoms with Crippen molar-refractivity contribution >= 4 is 11.8 Å². The Kier molecular flexibility index (Phi) is 5.21. The number of ether oxygens (including phenoxy) is 2. The molecule has 2 aliphatic rings. The van der Waals surface area contributed by atoms with E-state index in [-0.39, 0.29) is 24.3 Å². The summed E-state index contributed by atoms with van der Waals surface area (Å²) in [6.07, 6.45) is 0.0958. The zero-order valence-electron chi connectivity index (χ0n) is 15.7. The van der Waals surface area contributed by atoms with Crippen LogP contribution < -0.4 is 5.32 Å². The highest BCUT2D eigenvalue weighted by atomic mass is 16.5. The van der Waals surface area contributed by atoms with Gasteiger partial charge in [0.25, 0.3) is 0 Å². The second kappa shape index (κ2) is 7.92. The molecule has 4 rings (SSSR count). The SMILES string of the molecule is C[C@H]1OC(CNCC2=N[C@H](c3ccccc3)[C@@H](C)O2)=N[C@@H]1c1ccccc1. The molecule has 0 aromatic heterocycles. The molecule has 0 aliphatic carbocycles. The lowest BCUT2D eigenvalue weighted by Gasteiger charge is -2.13. The topological polar surface area (TPSA) is 55.2 Å². The average molecular weight is 363 g/mol. The molecular weight excluding hydrogens is 338 g/mol. The van der Waals surface area contributed by atoms with E-state index >= 15 is 0 Å². The molecule has 0 amide bonds. The van der Waals surface area contributed by atoms with Crippen LogP contribution in [0.15, 0.2) is 70.6 Å². The summed E-state index contributed by atoms with van der Waals surface area (Å²) in [5.74, 6) is 1.48. The van der Waals surface area contributed by atoms with Crippen LogP contribution in [0.5, 0.6) is 0 Å². The number of aliphatic imine (C=N–C) groups is 2. The maximum Gasteiger partial charge on any atom is 0.198 e. The van der Waals surface area contributed by atoms with E-state index in [1.165, 1.54) is 11.1 Å². The Balaban J connectivity index is 1.33. The molecule has 0 unspecified atom stereocenters. The number of benzene rings is 2. The van der Waals surface area contributed by atoms with E-state index < -0.39 is 0 Å². The average Bonchev–Trinajstić information content (AvgIpc) is 3.25. The Bertz CT molecular complexity index is 750. The number of hydrogen-bond acceptors (Lipinski definition) is 5. The van der Waals surface area contributed by atoms with Crippen LogP contribution in [0.25, 0.3) is 0 Å². The van der Waals surface area contributed by atoms with Gasteiger partial charge in [-0.1, -0.05) is 60.7 Å². The van der Waals surface area contributed by atoms with Crippen molar-refractivity contribution in [2.75, 3.05) is 13.1 Å². The molecule has 4 atom stereocenters. The van der Waals surface area contributed by atoms with Gasteiger partial charge in [0.15, 0.2) is 11.8 Å². The van der Waals surface area contributed by atoms with Gasteiger partial charge in [-0.15, -0.1) is 0 Å². The zero-order chi connectivity index (χ0) is 18.6. The molecular formula is C22H25N3O2. The highest BCUT2D eigenvalue weighted by Crippen LogP contribution is 2.29. The third kappa shape index (κ3) is 4.03. The molecule has 0 radical (unpaired) electrons. The molecule has 0 bridgehead atoms. The summed E-state index contributed by atoms with van der Waals surface area (Å²) >= 11 is 0. The first kappa shape index (κ1) is 17.7. The third-order valence-electron chi connectivity index (χ3n) is 4.93. The van der Waals surface area contributed by atoms with E-state index in [0.29, 0.717) is 13.1 Å². The monoisotopic (exact) mass is 363 g/mol. The van der Waals surface area contributed by atoms with Crippen LogP contribution >= 0.6 is 0 Å². The second-order valence-corrected chi connectivity index (χ2v) is 7.01. The molecule has 2 aromatic rings. The zero-order valence-corrected chi connectivity index (χ0v) is 15.7. The van der Waals surface area contributed by atoms with Crippen molar-refractivity contribution in [2.24, 2.45) is 9.98 Å². The van der Waals surface area contributed by atoms with Crippen molar-refractivity contribution in [2.45, 2.75) is 38.1 Å². The molecule has 2 heterocycles. The van der Waals surface area contributed by atoms with Crippen LogP contribution in [0.1, 0.15) is 37.1 Å². The molecule has 0 saturated carbocycles. The van der Waals surface area contributed by atoms with Crippen LogP contribution in [-0.2, 0) is 9.47 Å². The van der Waals surface area contributed by atoms with Crippen molar-refractivity contribution < 1.29 is 9.47 Å². The molecule has 5 nitrogen and oxygen atoms in total. The van der Waals surface area contributed by atoms with E-state index in [1.54, 1.807) is 0 Å². The summed E-state index contributed by atoms with van der Waals surface area (Å²) in [5, 5.41) is 3.34. The van der Waals surface area contributed by atoms with Gasteiger partial charge in [0.1, 0.15) is 24.3 Å². The van der Waals surface area contributed by atoms with E-state index in [2.05, 4.69) is 43.4 Å². The van der Waals surface area contributed by atoms with Crippen molar-refractivity contribution in [1.29, 1.82) is 0 Å². The second-order valence-electron chi connectivity index (χ2n) is 7.01. The fourth-order valence-electron chi connectivity index (χ4n) is 3.58. The van der Waals surface area contributed by atoms with Gasteiger partial charge in [0.05, 0.1) is 13.1 Å². The summed E-state index contributed by atoms with van der Waals surface area (Å²) in [6.45, 7) is 5.26. The summed E-state index contributed by atoms with van der Waals surface area (Å²) in [6, 6.07) is 20.7. The van der Waals surface area contributed by atoms with Crippen LogP contribution in [0.2, 0.25) is 0 Å². The van der Waals surface area contributed by atoms with Gasteiger partial charge in [0.2, 0.25) is 0 Å². The largest absolute Gasteiger partial charge is 0.474 e. The highest BCUT2D eigenvalue weighted by molar-refractivity contribution is 5.83. The van der Waals surface area contributed by atoms with Gasteiger partial charge in [-0.3, -0.25) is 0 Å². The predicted octanol–water partition coefficient (Wildman–Crippen LogP) is 3.69. The number of nitrogens with zero attached hydrogens (tertiary/aromatic N) is 2. The summed E-state index contributed by atoms with van der Waals surface area (Å²) < 4.78 is 11.8. The van der Waals surface area contributed by atoms with E-state index in [1.807, 2.05) is 36.4 Å². The molecule has 0 saturated heterocycles. The Morgan fingerprint density at radius 1 is 0.704 bits per heavy atom. The summed E-state index contributed by atoms with van der Waals surface area (Å²) in [7, 11) is 0. The lowest BCUT2D eigenvalue weighted by atomic mass is 10.0. The molecule has 140 valence electrons. The highest BCUT2D eigenvalue weighted by Gasteiger charge is 2.30. The van der Waals surface area contributed by atoms with Crippen LogP contribution in [-0.4, -0.2) is 37.1 Å². The summed E-state index contributed by atoms with van der Waals surface area (Å²) in [4.78, 5) is 9.46. The fraction of sp³-hybridized carbons (Fsp3) is 0.364. The Hall–Kier alpha value is -2.66. The lowest BCUT2D eigenvalue weighted by Crippen LogP contribution is -2.30. The fourth-order valence-corrected chi connectivity index (χ4v) is 3.58. The molecule has 0 fully saturated rings. The minimum absolute atomic E-state index is 0.0479. The quantitative estimate of drug-likeness (QED) is 0.851. The predicted molar refractivity (Wildman–Crippen MR) is 107 cm³/mol. The van der Waals surface area contributed by atoms with Gasteiger partial charge in [-0.25, -0.2) is 9.98 Å². The molecule has 2 aliphatic heterocycles. The van der Waals surface area contributed by atoms with Gasteiger partial charge < -0.3 is 14.8 Å².